The number of benzene rings is 2. The molecule has 3 aromatic rings. The summed E-state index contributed by atoms with van der Waals surface area (Å²) in [6, 6.07) is 11.0. The van der Waals surface area contributed by atoms with Crippen molar-refractivity contribution in [2.75, 3.05) is 20.8 Å². The molecule has 0 aliphatic carbocycles. The molecule has 0 fully saturated rings. The number of hydrogen-bond donors (Lipinski definition) is 3. The monoisotopic (exact) mass is 529 g/mol. The van der Waals surface area contributed by atoms with Crippen molar-refractivity contribution in [3.8, 4) is 23.1 Å². The number of carbonyl (C=O) groups is 2. The second kappa shape index (κ2) is 12.0. The first kappa shape index (κ1) is 28.5. The van der Waals surface area contributed by atoms with Gasteiger partial charge < -0.3 is 29.7 Å². The molecule has 1 unspecified atom stereocenters. The van der Waals surface area contributed by atoms with Crippen molar-refractivity contribution in [2.45, 2.75) is 38.8 Å². The number of hydrogen-bond acceptors (Lipinski definition) is 7. The summed E-state index contributed by atoms with van der Waals surface area (Å²) in [7, 11) is 2.85. The first-order valence-corrected chi connectivity index (χ1v) is 11.9. The summed E-state index contributed by atoms with van der Waals surface area (Å²) in [5.41, 5.74) is -0.935. The van der Waals surface area contributed by atoms with Crippen LogP contribution in [0.5, 0.6) is 17.4 Å². The van der Waals surface area contributed by atoms with Crippen molar-refractivity contribution >= 4 is 11.9 Å². The third-order valence-corrected chi connectivity index (χ3v) is 6.24. The molecule has 0 aliphatic rings. The molecule has 1 aromatic heterocycles. The van der Waals surface area contributed by atoms with E-state index in [0.717, 1.165) is 4.68 Å². The van der Waals surface area contributed by atoms with Crippen LogP contribution in [-0.4, -0.2) is 58.3 Å². The third kappa shape index (κ3) is 6.41. The van der Waals surface area contributed by atoms with Crippen LogP contribution < -0.4 is 19.5 Å². The van der Waals surface area contributed by atoms with E-state index in [9.17, 15) is 24.2 Å². The Kier molecular flexibility index (Phi) is 8.95. The molecule has 11 heteroatoms. The zero-order valence-corrected chi connectivity index (χ0v) is 21.9. The van der Waals surface area contributed by atoms with Crippen LogP contribution in [0.4, 0.5) is 4.39 Å². The predicted molar refractivity (Wildman–Crippen MR) is 136 cm³/mol. The number of aromatic nitrogens is 2. The van der Waals surface area contributed by atoms with Crippen LogP contribution in [0, 0.1) is 11.7 Å². The molecule has 0 aliphatic heterocycles. The lowest BCUT2D eigenvalue weighted by Crippen LogP contribution is -2.38. The van der Waals surface area contributed by atoms with Crippen LogP contribution in [-0.2, 0) is 4.79 Å². The summed E-state index contributed by atoms with van der Waals surface area (Å²) in [5, 5.41) is 27.0. The van der Waals surface area contributed by atoms with Crippen LogP contribution in [0.3, 0.4) is 0 Å². The minimum atomic E-state index is -1.21. The first-order chi connectivity index (χ1) is 18.0. The first-order valence-electron chi connectivity index (χ1n) is 11.9. The summed E-state index contributed by atoms with van der Waals surface area (Å²) in [6.07, 6.45) is -0.454. The van der Waals surface area contributed by atoms with Gasteiger partial charge in [0, 0.05) is 11.6 Å². The average Bonchev–Trinajstić information content (AvgIpc) is 3.30. The van der Waals surface area contributed by atoms with Gasteiger partial charge in [-0.3, -0.25) is 9.59 Å². The van der Waals surface area contributed by atoms with Gasteiger partial charge in [0.25, 0.3) is 5.91 Å². The lowest BCUT2D eigenvalue weighted by molar-refractivity contribution is -0.137. The maximum atomic E-state index is 14.6. The van der Waals surface area contributed by atoms with Gasteiger partial charge in [0.15, 0.2) is 17.2 Å². The number of carboxylic acid groups (broad SMARTS) is 1. The molecule has 0 bridgehead atoms. The Morgan fingerprint density at radius 1 is 1.13 bits per heavy atom. The number of amides is 1. The second-order valence-corrected chi connectivity index (χ2v) is 9.24. The van der Waals surface area contributed by atoms with E-state index in [-0.39, 0.29) is 35.5 Å². The fourth-order valence-corrected chi connectivity index (χ4v) is 3.59. The lowest BCUT2D eigenvalue weighted by atomic mass is 9.94. The molecule has 10 nitrogen and oxygen atoms in total. The minimum Gasteiger partial charge on any atom is -0.493 e. The van der Waals surface area contributed by atoms with E-state index < -0.39 is 35.8 Å². The van der Waals surface area contributed by atoms with Crippen molar-refractivity contribution in [3.05, 3.63) is 65.6 Å². The highest BCUT2D eigenvalue weighted by Gasteiger charge is 2.29. The standard InChI is InChI=1S/C27H32FN3O7/c1-16(2)27(3,35)15-38-23-13-20(30-31(23)21-11-7-6-10-18(21)28)26(34)29-19(14-24(32)33)17-9-8-12-22(36-4)25(17)37-5/h6-13,16,19,35H,14-15H2,1-5H3,(H,29,34)(H,32,33)/t19?,27-/m1/s1. The molecule has 1 heterocycles. The van der Waals surface area contributed by atoms with Crippen molar-refractivity contribution in [1.29, 1.82) is 0 Å². The van der Waals surface area contributed by atoms with Crippen LogP contribution >= 0.6 is 0 Å². The van der Waals surface area contributed by atoms with Crippen molar-refractivity contribution in [3.63, 3.8) is 0 Å². The molecule has 3 N–H and O–H groups in total. The van der Waals surface area contributed by atoms with Gasteiger partial charge in [-0.15, -0.1) is 0 Å². The largest absolute Gasteiger partial charge is 0.493 e. The molecule has 38 heavy (non-hydrogen) atoms. The number of halogens is 1. The number of nitrogens with one attached hydrogen (secondary N) is 1. The highest BCUT2D eigenvalue weighted by atomic mass is 19.1. The van der Waals surface area contributed by atoms with Gasteiger partial charge in [-0.1, -0.05) is 38.1 Å². The number of rotatable bonds is 12. The molecular weight excluding hydrogens is 497 g/mol. The molecule has 0 saturated heterocycles. The van der Waals surface area contributed by atoms with Gasteiger partial charge in [-0.2, -0.15) is 9.78 Å². The maximum Gasteiger partial charge on any atom is 0.305 e. The normalized spacial score (nSPS) is 13.5. The molecule has 3 rings (SSSR count). The Morgan fingerprint density at radius 2 is 1.84 bits per heavy atom. The summed E-state index contributed by atoms with van der Waals surface area (Å²) in [4.78, 5) is 24.9. The van der Waals surface area contributed by atoms with E-state index in [1.165, 1.54) is 38.5 Å². The molecule has 0 saturated carbocycles. The smallest absolute Gasteiger partial charge is 0.305 e. The number of aliphatic carboxylic acids is 1. The van der Waals surface area contributed by atoms with Crippen LogP contribution in [0.1, 0.15) is 49.3 Å². The van der Waals surface area contributed by atoms with E-state index in [4.69, 9.17) is 14.2 Å². The fraction of sp³-hybridized carbons (Fsp3) is 0.370. The summed E-state index contributed by atoms with van der Waals surface area (Å²) >= 11 is 0. The quantitative estimate of drug-likeness (QED) is 0.323. The number of para-hydroxylation sites is 2. The Morgan fingerprint density at radius 3 is 2.45 bits per heavy atom. The van der Waals surface area contributed by atoms with Gasteiger partial charge in [-0.05, 0) is 31.0 Å². The van der Waals surface area contributed by atoms with Crippen molar-refractivity contribution in [1.82, 2.24) is 15.1 Å². The van der Waals surface area contributed by atoms with Crippen molar-refractivity contribution < 1.29 is 38.4 Å². The van der Waals surface area contributed by atoms with E-state index in [0.29, 0.717) is 11.3 Å². The zero-order chi connectivity index (χ0) is 28.0. The molecule has 0 radical (unpaired) electrons. The third-order valence-electron chi connectivity index (χ3n) is 6.24. The van der Waals surface area contributed by atoms with Crippen LogP contribution in [0.15, 0.2) is 48.5 Å². The van der Waals surface area contributed by atoms with Gasteiger partial charge >= 0.3 is 5.97 Å². The van der Waals surface area contributed by atoms with E-state index >= 15 is 0 Å². The van der Waals surface area contributed by atoms with Gasteiger partial charge in [-0.25, -0.2) is 4.39 Å². The Labute approximate surface area is 219 Å². The minimum absolute atomic E-state index is 0.0231. The summed E-state index contributed by atoms with van der Waals surface area (Å²) < 4.78 is 32.3. The lowest BCUT2D eigenvalue weighted by Gasteiger charge is -2.27. The number of aliphatic hydroxyl groups is 1. The maximum absolute atomic E-state index is 14.6. The van der Waals surface area contributed by atoms with E-state index in [2.05, 4.69) is 10.4 Å². The number of carboxylic acids is 1. The summed E-state index contributed by atoms with van der Waals surface area (Å²) in [6.45, 7) is 5.11. The van der Waals surface area contributed by atoms with E-state index in [1.807, 2.05) is 13.8 Å². The number of nitrogens with zero attached hydrogens (tertiary/aromatic N) is 2. The molecule has 204 valence electrons. The Hall–Kier alpha value is -4.12. The van der Waals surface area contributed by atoms with Gasteiger partial charge in [0.2, 0.25) is 5.88 Å². The number of carbonyl (C=O) groups excluding carboxylic acids is 1. The Bertz CT molecular complexity index is 1290. The topological polar surface area (TPSA) is 132 Å². The Balaban J connectivity index is 2.00. The zero-order valence-electron chi connectivity index (χ0n) is 21.9. The average molecular weight is 530 g/mol. The molecule has 2 aromatic carbocycles. The van der Waals surface area contributed by atoms with Crippen LogP contribution in [0.25, 0.3) is 5.69 Å². The SMILES string of the molecule is COc1cccc(C(CC(=O)O)NC(=O)c2cc(OC[C@@](C)(O)C(C)C)n(-c3ccccc3F)n2)c1OC. The molecule has 1 amide bonds. The highest BCUT2D eigenvalue weighted by molar-refractivity contribution is 5.93. The van der Waals surface area contributed by atoms with E-state index in [1.54, 1.807) is 31.2 Å². The highest BCUT2D eigenvalue weighted by Crippen LogP contribution is 2.36. The molecule has 0 spiro atoms. The molecule has 2 atom stereocenters. The van der Waals surface area contributed by atoms with Gasteiger partial charge in [0.05, 0.1) is 32.3 Å². The molecular formula is C27H32FN3O7. The second-order valence-electron chi connectivity index (χ2n) is 9.24. The predicted octanol–water partition coefficient (Wildman–Crippen LogP) is 3.76. The van der Waals surface area contributed by atoms with Gasteiger partial charge in [0.1, 0.15) is 18.1 Å². The summed E-state index contributed by atoms with van der Waals surface area (Å²) in [5.74, 6) is -1.97. The van der Waals surface area contributed by atoms with Crippen molar-refractivity contribution in [2.24, 2.45) is 5.92 Å². The number of ether oxygens (including phenoxy) is 3. The fourth-order valence-electron chi connectivity index (χ4n) is 3.59. The van der Waals surface area contributed by atoms with Crippen LogP contribution in [0.2, 0.25) is 0 Å². The number of methoxy groups -OCH3 is 2.